The number of benzene rings is 1. The third kappa shape index (κ3) is 5.33. The van der Waals surface area contributed by atoms with Crippen LogP contribution in [0.2, 0.25) is 0 Å². The van der Waals surface area contributed by atoms with Crippen molar-refractivity contribution in [1.29, 1.82) is 0 Å². The van der Waals surface area contributed by atoms with Crippen molar-refractivity contribution in [3.8, 4) is 0 Å². The van der Waals surface area contributed by atoms with Gasteiger partial charge in [-0.3, -0.25) is 4.79 Å². The minimum absolute atomic E-state index is 0. The van der Waals surface area contributed by atoms with Crippen LogP contribution in [0, 0.1) is 5.92 Å². The molecule has 1 atom stereocenters. The molecule has 0 aliphatic carbocycles. The van der Waals surface area contributed by atoms with Gasteiger partial charge in [0.15, 0.2) is 5.96 Å². The number of carbonyl (C=O) groups is 1. The second-order valence-corrected chi connectivity index (χ2v) is 6.87. The van der Waals surface area contributed by atoms with Crippen molar-refractivity contribution in [2.75, 3.05) is 19.6 Å². The van der Waals surface area contributed by atoms with Gasteiger partial charge in [-0.1, -0.05) is 12.1 Å². The van der Waals surface area contributed by atoms with Crippen LogP contribution in [0.5, 0.6) is 0 Å². The quantitative estimate of drug-likeness (QED) is 0.387. The van der Waals surface area contributed by atoms with Crippen LogP contribution in [0.25, 0.3) is 11.0 Å². The predicted molar refractivity (Wildman–Crippen MR) is 119 cm³/mol. The molecular weight excluding hydrogens is 455 g/mol. The van der Waals surface area contributed by atoms with Crippen molar-refractivity contribution < 1.29 is 4.79 Å². The number of aromatic nitrogens is 2. The Morgan fingerprint density at radius 3 is 2.89 bits per heavy atom. The van der Waals surface area contributed by atoms with Crippen LogP contribution in [-0.4, -0.2) is 46.0 Å². The highest BCUT2D eigenvalue weighted by atomic mass is 127. The molecule has 8 heteroatoms. The van der Waals surface area contributed by atoms with Gasteiger partial charge < -0.3 is 20.5 Å². The molecule has 3 N–H and O–H groups in total. The Bertz CT molecular complexity index is 803. The number of nitrogens with two attached hydrogens (primary N) is 1. The van der Waals surface area contributed by atoms with Crippen molar-refractivity contribution in [3.63, 3.8) is 0 Å². The minimum Gasteiger partial charge on any atom is -0.370 e. The maximum absolute atomic E-state index is 11.3. The summed E-state index contributed by atoms with van der Waals surface area (Å²) in [5, 5.41) is 3.37. The molecule has 0 saturated carbocycles. The van der Waals surface area contributed by atoms with E-state index >= 15 is 0 Å². The Labute approximate surface area is 177 Å². The molecule has 7 nitrogen and oxygen atoms in total. The van der Waals surface area contributed by atoms with Crippen molar-refractivity contribution in [1.82, 2.24) is 19.8 Å². The van der Waals surface area contributed by atoms with Crippen LogP contribution in [0.1, 0.15) is 32.0 Å². The standard InChI is InChI=1S/C19H28N6O.HI/c1-3-21-19(25-10-6-7-14(13-25)11-17(20)26)22-12-18-23-15-8-4-5-9-16(15)24(18)2;/h4-5,8-9,14H,3,6-7,10-13H2,1-2H3,(H2,20,26)(H,21,22);1H. The van der Waals surface area contributed by atoms with Crippen LogP contribution < -0.4 is 11.1 Å². The predicted octanol–water partition coefficient (Wildman–Crippen LogP) is 2.24. The molecule has 1 aromatic carbocycles. The molecule has 27 heavy (non-hydrogen) atoms. The summed E-state index contributed by atoms with van der Waals surface area (Å²) >= 11 is 0. The molecular formula is C19H29IN6O. The number of piperidine rings is 1. The van der Waals surface area contributed by atoms with Gasteiger partial charge in [-0.05, 0) is 37.8 Å². The van der Waals surface area contributed by atoms with Crippen LogP contribution >= 0.6 is 24.0 Å². The summed E-state index contributed by atoms with van der Waals surface area (Å²) in [6.45, 7) is 5.15. The second kappa shape index (κ2) is 9.91. The van der Waals surface area contributed by atoms with E-state index in [2.05, 4.69) is 27.8 Å². The number of hydrogen-bond acceptors (Lipinski definition) is 3. The number of rotatable bonds is 5. The van der Waals surface area contributed by atoms with Gasteiger partial charge in [0.1, 0.15) is 12.4 Å². The number of aryl methyl sites for hydroxylation is 1. The summed E-state index contributed by atoms with van der Waals surface area (Å²) < 4.78 is 2.09. The summed E-state index contributed by atoms with van der Waals surface area (Å²) in [7, 11) is 2.02. The van der Waals surface area contributed by atoms with E-state index in [-0.39, 0.29) is 29.9 Å². The lowest BCUT2D eigenvalue weighted by molar-refractivity contribution is -0.119. The van der Waals surface area contributed by atoms with Gasteiger partial charge in [-0.25, -0.2) is 9.98 Å². The number of hydrogen-bond donors (Lipinski definition) is 2. The van der Waals surface area contributed by atoms with Crippen molar-refractivity contribution in [2.24, 2.45) is 23.7 Å². The van der Waals surface area contributed by atoms with Crippen LogP contribution in [0.4, 0.5) is 0 Å². The number of guanidine groups is 1. The van der Waals surface area contributed by atoms with Crippen LogP contribution in [0.3, 0.4) is 0 Å². The first-order valence-corrected chi connectivity index (χ1v) is 9.30. The van der Waals surface area contributed by atoms with Gasteiger partial charge in [0.2, 0.25) is 5.91 Å². The molecule has 0 spiro atoms. The molecule has 2 heterocycles. The maximum atomic E-state index is 11.3. The number of para-hydroxylation sites is 2. The van der Waals surface area contributed by atoms with E-state index in [1.807, 2.05) is 25.2 Å². The molecule has 1 aliphatic rings. The first-order chi connectivity index (χ1) is 12.6. The fourth-order valence-corrected chi connectivity index (χ4v) is 3.62. The highest BCUT2D eigenvalue weighted by Gasteiger charge is 2.23. The van der Waals surface area contributed by atoms with E-state index in [0.717, 1.165) is 55.3 Å². The van der Waals surface area contributed by atoms with Gasteiger partial charge in [-0.15, -0.1) is 24.0 Å². The van der Waals surface area contributed by atoms with Crippen molar-refractivity contribution >= 4 is 46.9 Å². The Balaban J connectivity index is 0.00000261. The summed E-state index contributed by atoms with van der Waals surface area (Å²) in [5.74, 6) is 1.90. The topological polar surface area (TPSA) is 88.5 Å². The van der Waals surface area contributed by atoms with Gasteiger partial charge in [0.25, 0.3) is 0 Å². The van der Waals surface area contributed by atoms with E-state index in [0.29, 0.717) is 18.9 Å². The van der Waals surface area contributed by atoms with E-state index in [1.165, 1.54) is 0 Å². The average molecular weight is 484 g/mol. The van der Waals surface area contributed by atoms with Gasteiger partial charge in [0.05, 0.1) is 11.0 Å². The smallest absolute Gasteiger partial charge is 0.217 e. The summed E-state index contributed by atoms with van der Waals surface area (Å²) in [5.41, 5.74) is 7.48. The number of nitrogens with zero attached hydrogens (tertiary/aromatic N) is 4. The second-order valence-electron chi connectivity index (χ2n) is 6.87. The fraction of sp³-hybridized carbons (Fsp3) is 0.526. The monoisotopic (exact) mass is 484 g/mol. The van der Waals surface area contributed by atoms with Gasteiger partial charge >= 0.3 is 0 Å². The highest BCUT2D eigenvalue weighted by Crippen LogP contribution is 2.20. The molecule has 1 aromatic heterocycles. The van der Waals surface area contributed by atoms with E-state index in [4.69, 9.17) is 15.7 Å². The number of amides is 1. The average Bonchev–Trinajstić information content (AvgIpc) is 2.94. The number of fused-ring (bicyclic) bond motifs is 1. The minimum atomic E-state index is -0.224. The maximum Gasteiger partial charge on any atom is 0.217 e. The Kier molecular flexibility index (Phi) is 7.88. The Morgan fingerprint density at radius 2 is 2.19 bits per heavy atom. The Hall–Kier alpha value is -1.84. The number of primary amides is 1. The first kappa shape index (κ1) is 21.5. The SMILES string of the molecule is CCNC(=NCc1nc2ccccc2n1C)N1CCCC(CC(N)=O)C1.I. The number of halogens is 1. The first-order valence-electron chi connectivity index (χ1n) is 9.30. The normalized spacial score (nSPS) is 17.6. The number of nitrogens with one attached hydrogen (secondary N) is 1. The molecule has 3 rings (SSSR count). The van der Waals surface area contributed by atoms with E-state index in [1.54, 1.807) is 0 Å². The zero-order valence-corrected chi connectivity index (χ0v) is 18.3. The Morgan fingerprint density at radius 1 is 1.41 bits per heavy atom. The third-order valence-electron chi connectivity index (χ3n) is 4.89. The van der Waals surface area contributed by atoms with Crippen molar-refractivity contribution in [3.05, 3.63) is 30.1 Å². The van der Waals surface area contributed by atoms with Crippen LogP contribution in [-0.2, 0) is 18.4 Å². The lowest BCUT2D eigenvalue weighted by atomic mass is 9.95. The lowest BCUT2D eigenvalue weighted by Crippen LogP contribution is -2.47. The lowest BCUT2D eigenvalue weighted by Gasteiger charge is -2.34. The van der Waals surface area contributed by atoms with Crippen molar-refractivity contribution in [2.45, 2.75) is 32.7 Å². The fourth-order valence-electron chi connectivity index (χ4n) is 3.62. The molecule has 2 aromatic rings. The molecule has 1 fully saturated rings. The van der Waals surface area contributed by atoms with E-state index < -0.39 is 0 Å². The van der Waals surface area contributed by atoms with E-state index in [9.17, 15) is 4.79 Å². The molecule has 0 bridgehead atoms. The molecule has 148 valence electrons. The third-order valence-corrected chi connectivity index (χ3v) is 4.89. The zero-order valence-electron chi connectivity index (χ0n) is 16.0. The van der Waals surface area contributed by atoms with Gasteiger partial charge in [-0.2, -0.15) is 0 Å². The highest BCUT2D eigenvalue weighted by molar-refractivity contribution is 14.0. The number of likely N-dealkylation sites (tertiary alicyclic amines) is 1. The van der Waals surface area contributed by atoms with Crippen LogP contribution in [0.15, 0.2) is 29.3 Å². The summed E-state index contributed by atoms with van der Waals surface area (Å²) in [6, 6.07) is 8.11. The summed E-state index contributed by atoms with van der Waals surface area (Å²) in [4.78, 5) is 23.0. The number of carbonyl (C=O) groups excluding carboxylic acids is 1. The molecule has 1 unspecified atom stereocenters. The largest absolute Gasteiger partial charge is 0.370 e. The molecule has 1 aliphatic heterocycles. The zero-order chi connectivity index (χ0) is 18.5. The molecule has 1 amide bonds. The number of imidazole rings is 1. The molecule has 0 radical (unpaired) electrons. The summed E-state index contributed by atoms with van der Waals surface area (Å²) in [6.07, 6.45) is 2.54. The number of aliphatic imine (C=N–C) groups is 1. The van der Waals surface area contributed by atoms with Gasteiger partial charge in [0, 0.05) is 33.1 Å². The molecule has 1 saturated heterocycles.